The first kappa shape index (κ1) is 18.0. The quantitative estimate of drug-likeness (QED) is 0.717. The summed E-state index contributed by atoms with van der Waals surface area (Å²) in [7, 11) is 0. The topological polar surface area (TPSA) is 82.8 Å². The van der Waals surface area contributed by atoms with E-state index in [9.17, 15) is 14.7 Å². The van der Waals surface area contributed by atoms with E-state index in [1.54, 1.807) is 54.6 Å². The molecule has 6 nitrogen and oxygen atoms in total. The smallest absolute Gasteiger partial charge is 0.268 e. The standard InChI is InChI=1S/C22H20N2O4/c1-15-6-4-7-16(12-15)22(27)18-9-2-3-10-19(18)24(21(22)26)14-20(25)23-13-17-8-5-11-28-17/h2-12,27H,13-14H2,1H3,(H,23,25)/t22-/m0/s1. The molecule has 0 spiro atoms. The van der Waals surface area contributed by atoms with E-state index in [-0.39, 0.29) is 19.0 Å². The van der Waals surface area contributed by atoms with Crippen molar-refractivity contribution < 1.29 is 19.1 Å². The van der Waals surface area contributed by atoms with Crippen LogP contribution in [-0.2, 0) is 21.7 Å². The fourth-order valence-corrected chi connectivity index (χ4v) is 3.54. The second-order valence-corrected chi connectivity index (χ2v) is 6.84. The lowest BCUT2D eigenvalue weighted by Crippen LogP contribution is -2.45. The zero-order valence-corrected chi connectivity index (χ0v) is 15.4. The fraction of sp³-hybridized carbons (Fsp3) is 0.182. The molecule has 6 heteroatoms. The summed E-state index contributed by atoms with van der Waals surface area (Å²) in [6.07, 6.45) is 1.53. The van der Waals surface area contributed by atoms with Crippen LogP contribution >= 0.6 is 0 Å². The van der Waals surface area contributed by atoms with Crippen molar-refractivity contribution in [2.45, 2.75) is 19.1 Å². The number of aryl methyl sites for hydroxylation is 1. The Balaban J connectivity index is 1.62. The lowest BCUT2D eigenvalue weighted by Gasteiger charge is -2.24. The van der Waals surface area contributed by atoms with Crippen LogP contribution in [0.5, 0.6) is 0 Å². The van der Waals surface area contributed by atoms with Crippen LogP contribution in [0.1, 0.15) is 22.5 Å². The third-order valence-electron chi connectivity index (χ3n) is 4.92. The van der Waals surface area contributed by atoms with Gasteiger partial charge in [-0.15, -0.1) is 0 Å². The number of rotatable bonds is 5. The molecule has 3 aromatic rings. The molecule has 0 saturated carbocycles. The molecule has 2 N–H and O–H groups in total. The van der Waals surface area contributed by atoms with Gasteiger partial charge in [-0.25, -0.2) is 0 Å². The molecule has 2 heterocycles. The molecule has 1 aliphatic heterocycles. The van der Waals surface area contributed by atoms with Crippen LogP contribution in [0.3, 0.4) is 0 Å². The number of amides is 2. The van der Waals surface area contributed by atoms with E-state index < -0.39 is 11.5 Å². The number of furan rings is 1. The zero-order chi connectivity index (χ0) is 19.7. The van der Waals surface area contributed by atoms with E-state index in [1.807, 2.05) is 13.0 Å². The van der Waals surface area contributed by atoms with Crippen molar-refractivity contribution in [3.05, 3.63) is 89.4 Å². The lowest BCUT2D eigenvalue weighted by atomic mass is 9.87. The molecule has 4 rings (SSSR count). The summed E-state index contributed by atoms with van der Waals surface area (Å²) in [5, 5.41) is 14.2. The number of hydrogen-bond donors (Lipinski definition) is 2. The maximum absolute atomic E-state index is 13.2. The number of benzene rings is 2. The second-order valence-electron chi connectivity index (χ2n) is 6.84. The molecular formula is C22H20N2O4. The van der Waals surface area contributed by atoms with E-state index in [4.69, 9.17) is 4.42 Å². The molecule has 2 aromatic carbocycles. The van der Waals surface area contributed by atoms with E-state index in [1.165, 1.54) is 11.2 Å². The Labute approximate surface area is 162 Å². The van der Waals surface area contributed by atoms with Crippen molar-refractivity contribution in [1.82, 2.24) is 5.32 Å². The summed E-state index contributed by atoms with van der Waals surface area (Å²) in [5.41, 5.74) is 0.618. The average Bonchev–Trinajstić information content (AvgIpc) is 3.29. The highest BCUT2D eigenvalue weighted by atomic mass is 16.3. The van der Waals surface area contributed by atoms with Crippen molar-refractivity contribution in [2.24, 2.45) is 0 Å². The predicted octanol–water partition coefficient (Wildman–Crippen LogP) is 2.49. The Kier molecular flexibility index (Phi) is 4.49. The van der Waals surface area contributed by atoms with Gasteiger partial charge in [0.1, 0.15) is 12.3 Å². The normalized spacial score (nSPS) is 18.2. The van der Waals surface area contributed by atoms with Gasteiger partial charge in [0.25, 0.3) is 5.91 Å². The Morgan fingerprint density at radius 1 is 1.14 bits per heavy atom. The molecule has 0 radical (unpaired) electrons. The predicted molar refractivity (Wildman–Crippen MR) is 104 cm³/mol. The first-order chi connectivity index (χ1) is 13.5. The summed E-state index contributed by atoms with van der Waals surface area (Å²) >= 11 is 0. The minimum absolute atomic E-state index is 0.190. The van der Waals surface area contributed by atoms with Gasteiger partial charge in [-0.05, 0) is 30.7 Å². The zero-order valence-electron chi connectivity index (χ0n) is 15.4. The van der Waals surface area contributed by atoms with Gasteiger partial charge >= 0.3 is 0 Å². The number of nitrogens with zero attached hydrogens (tertiary/aromatic N) is 1. The summed E-state index contributed by atoms with van der Waals surface area (Å²) in [6, 6.07) is 17.7. The number of hydrogen-bond acceptors (Lipinski definition) is 4. The Hall–Kier alpha value is -3.38. The number of carbonyl (C=O) groups is 2. The lowest BCUT2D eigenvalue weighted by molar-refractivity contribution is -0.133. The highest BCUT2D eigenvalue weighted by molar-refractivity contribution is 6.11. The van der Waals surface area contributed by atoms with Crippen molar-refractivity contribution in [3.8, 4) is 0 Å². The maximum Gasteiger partial charge on any atom is 0.268 e. The third kappa shape index (κ3) is 2.97. The molecule has 28 heavy (non-hydrogen) atoms. The van der Waals surface area contributed by atoms with Crippen LogP contribution in [0.2, 0.25) is 0 Å². The van der Waals surface area contributed by atoms with Gasteiger partial charge in [-0.2, -0.15) is 0 Å². The van der Waals surface area contributed by atoms with Gasteiger partial charge in [0.15, 0.2) is 5.60 Å². The van der Waals surface area contributed by atoms with Crippen molar-refractivity contribution in [2.75, 3.05) is 11.4 Å². The highest BCUT2D eigenvalue weighted by Gasteiger charge is 2.51. The fourth-order valence-electron chi connectivity index (χ4n) is 3.54. The van der Waals surface area contributed by atoms with Crippen LogP contribution in [0.15, 0.2) is 71.3 Å². The Morgan fingerprint density at radius 2 is 1.96 bits per heavy atom. The van der Waals surface area contributed by atoms with Gasteiger partial charge in [0, 0.05) is 5.56 Å². The van der Waals surface area contributed by atoms with E-state index in [2.05, 4.69) is 5.32 Å². The molecular weight excluding hydrogens is 356 g/mol. The molecule has 0 aliphatic carbocycles. The van der Waals surface area contributed by atoms with Crippen LogP contribution in [-0.4, -0.2) is 23.5 Å². The third-order valence-corrected chi connectivity index (χ3v) is 4.92. The molecule has 1 aliphatic rings. The molecule has 0 fully saturated rings. The van der Waals surface area contributed by atoms with Gasteiger partial charge < -0.3 is 14.8 Å². The maximum atomic E-state index is 13.2. The number of carbonyl (C=O) groups excluding carboxylic acids is 2. The molecule has 142 valence electrons. The summed E-state index contributed by atoms with van der Waals surface area (Å²) < 4.78 is 5.20. The minimum Gasteiger partial charge on any atom is -0.467 e. The Morgan fingerprint density at radius 3 is 2.71 bits per heavy atom. The van der Waals surface area contributed by atoms with Gasteiger partial charge in [-0.3, -0.25) is 14.5 Å². The number of anilines is 1. The van der Waals surface area contributed by atoms with Crippen LogP contribution in [0.4, 0.5) is 5.69 Å². The second kappa shape index (κ2) is 6.98. The number of fused-ring (bicyclic) bond motifs is 1. The average molecular weight is 376 g/mol. The van der Waals surface area contributed by atoms with E-state index >= 15 is 0 Å². The summed E-state index contributed by atoms with van der Waals surface area (Å²) in [4.78, 5) is 27.0. The molecule has 1 aromatic heterocycles. The molecule has 0 saturated heterocycles. The van der Waals surface area contributed by atoms with Crippen molar-refractivity contribution in [3.63, 3.8) is 0 Å². The Bertz CT molecular complexity index is 1030. The van der Waals surface area contributed by atoms with Crippen molar-refractivity contribution >= 4 is 17.5 Å². The summed E-state index contributed by atoms with van der Waals surface area (Å²) in [6.45, 7) is 1.94. The summed E-state index contributed by atoms with van der Waals surface area (Å²) in [5.74, 6) is -0.252. The first-order valence-corrected chi connectivity index (χ1v) is 9.00. The molecule has 0 unspecified atom stereocenters. The molecule has 1 atom stereocenters. The van der Waals surface area contributed by atoms with E-state index in [0.717, 1.165) is 5.56 Å². The minimum atomic E-state index is -1.82. The van der Waals surface area contributed by atoms with Crippen molar-refractivity contribution in [1.29, 1.82) is 0 Å². The number of aliphatic hydroxyl groups is 1. The van der Waals surface area contributed by atoms with Gasteiger partial charge in [0.05, 0.1) is 18.5 Å². The largest absolute Gasteiger partial charge is 0.467 e. The van der Waals surface area contributed by atoms with Crippen LogP contribution < -0.4 is 10.2 Å². The van der Waals surface area contributed by atoms with Crippen LogP contribution in [0.25, 0.3) is 0 Å². The highest BCUT2D eigenvalue weighted by Crippen LogP contribution is 2.44. The van der Waals surface area contributed by atoms with E-state index in [0.29, 0.717) is 22.6 Å². The molecule has 0 bridgehead atoms. The SMILES string of the molecule is Cc1cccc([C@@]2(O)C(=O)N(CC(=O)NCc3ccco3)c3ccccc32)c1. The van der Waals surface area contributed by atoms with Gasteiger partial charge in [-0.1, -0.05) is 48.0 Å². The van der Waals surface area contributed by atoms with Gasteiger partial charge in [0.2, 0.25) is 5.91 Å². The number of nitrogens with one attached hydrogen (secondary N) is 1. The van der Waals surface area contributed by atoms with Crippen LogP contribution in [0, 0.1) is 6.92 Å². The first-order valence-electron chi connectivity index (χ1n) is 9.00. The molecule has 2 amide bonds. The number of para-hydroxylation sites is 1. The monoisotopic (exact) mass is 376 g/mol.